The van der Waals surface area contributed by atoms with E-state index >= 15 is 0 Å². The molecule has 4 aromatic rings. The number of esters is 1. The van der Waals surface area contributed by atoms with Crippen LogP contribution < -0.4 is 19.5 Å². The average molecular weight is 583 g/mol. The number of nitrogens with one attached hydrogen (secondary N) is 1. The van der Waals surface area contributed by atoms with E-state index in [9.17, 15) is 9.90 Å². The highest BCUT2D eigenvalue weighted by Crippen LogP contribution is 2.35. The van der Waals surface area contributed by atoms with Gasteiger partial charge < -0.3 is 29.4 Å². The molecule has 0 saturated heterocycles. The third-order valence-electron chi connectivity index (χ3n) is 6.22. The summed E-state index contributed by atoms with van der Waals surface area (Å²) in [5, 5.41) is 14.0. The number of carbonyl (C=O) groups excluding carboxylic acids is 1. The number of aromatic nitrogens is 1. The van der Waals surface area contributed by atoms with E-state index < -0.39 is 12.1 Å². The molecular weight excluding hydrogens is 555 g/mol. The topological polar surface area (TPSA) is 99.1 Å². The molecule has 1 heterocycles. The summed E-state index contributed by atoms with van der Waals surface area (Å²) in [6, 6.07) is 17.2. The number of aromatic hydroxyl groups is 1. The van der Waals surface area contributed by atoms with Gasteiger partial charge in [-0.25, -0.2) is 4.79 Å². The zero-order valence-electron chi connectivity index (χ0n) is 22.1. The monoisotopic (exact) mass is 582 g/mol. The largest absolute Gasteiger partial charge is 0.506 e. The normalized spacial score (nSPS) is 11.4. The van der Waals surface area contributed by atoms with Crippen LogP contribution in [0.5, 0.6) is 23.0 Å². The minimum absolute atomic E-state index is 0.0857. The average Bonchev–Trinajstić information content (AvgIpc) is 2.97. The highest BCUT2D eigenvalue weighted by atomic mass is 35.5. The lowest BCUT2D eigenvalue weighted by Gasteiger charge is -2.21. The fourth-order valence-corrected chi connectivity index (χ4v) is 4.60. The van der Waals surface area contributed by atoms with Gasteiger partial charge >= 0.3 is 5.97 Å². The Hall–Kier alpha value is -4.14. The number of halogens is 2. The van der Waals surface area contributed by atoms with Crippen LogP contribution in [0.15, 0.2) is 73.1 Å². The van der Waals surface area contributed by atoms with Crippen LogP contribution >= 0.6 is 23.2 Å². The van der Waals surface area contributed by atoms with Crippen molar-refractivity contribution in [2.24, 2.45) is 0 Å². The molecule has 2 N–H and O–H groups in total. The number of benzene rings is 3. The standard InChI is InChI=1S/C30H28Cl2N2O6/c1-37-21-8-9-26(35)25(13-21)34-15-18-5-4-6-20(11-18)30(36)40-28(14-22-23(31)16-33-17-24(22)32)19-7-10-27(38-2)29(12-19)39-3/h4-13,16-17,28,34-35H,14-15H2,1-3H3/t28-/m0/s1. The van der Waals surface area contributed by atoms with Gasteiger partial charge in [-0.1, -0.05) is 41.4 Å². The zero-order valence-corrected chi connectivity index (χ0v) is 23.6. The molecule has 1 atom stereocenters. The molecule has 0 aliphatic carbocycles. The first-order chi connectivity index (χ1) is 19.3. The molecular formula is C30H28Cl2N2O6. The number of pyridine rings is 1. The summed E-state index contributed by atoms with van der Waals surface area (Å²) in [7, 11) is 4.63. The maximum absolute atomic E-state index is 13.4. The number of phenols is 1. The fraction of sp³-hybridized carbons (Fsp3) is 0.200. The lowest BCUT2D eigenvalue weighted by molar-refractivity contribution is 0.0297. The Labute approximate surface area is 242 Å². The van der Waals surface area contributed by atoms with Gasteiger partial charge in [-0.15, -0.1) is 0 Å². The number of hydrogen-bond acceptors (Lipinski definition) is 8. The number of rotatable bonds is 11. The summed E-state index contributed by atoms with van der Waals surface area (Å²) in [6.07, 6.45) is 2.44. The minimum atomic E-state index is -0.750. The van der Waals surface area contributed by atoms with E-state index in [1.54, 1.807) is 68.8 Å². The summed E-state index contributed by atoms with van der Waals surface area (Å²) in [5.74, 6) is 1.18. The van der Waals surface area contributed by atoms with E-state index in [2.05, 4.69) is 10.3 Å². The summed E-state index contributed by atoms with van der Waals surface area (Å²) in [4.78, 5) is 17.4. The van der Waals surface area contributed by atoms with E-state index in [0.29, 0.717) is 56.2 Å². The predicted molar refractivity (Wildman–Crippen MR) is 154 cm³/mol. The van der Waals surface area contributed by atoms with Gasteiger partial charge in [-0.05, 0) is 53.1 Å². The van der Waals surface area contributed by atoms with Crippen molar-refractivity contribution in [2.75, 3.05) is 26.6 Å². The molecule has 3 aromatic carbocycles. The van der Waals surface area contributed by atoms with Crippen molar-refractivity contribution >= 4 is 34.9 Å². The van der Waals surface area contributed by atoms with Gasteiger partial charge in [0.25, 0.3) is 0 Å². The van der Waals surface area contributed by atoms with Gasteiger partial charge in [0.2, 0.25) is 0 Å². The van der Waals surface area contributed by atoms with Gasteiger partial charge in [0, 0.05) is 31.4 Å². The SMILES string of the molecule is COc1ccc(O)c(NCc2cccc(C(=O)O[C@@H](Cc3c(Cl)cncc3Cl)c3ccc(OC)c(OC)c3)c2)c1. The molecule has 4 rings (SSSR count). The number of ether oxygens (including phenoxy) is 4. The Bertz CT molecular complexity index is 1480. The lowest BCUT2D eigenvalue weighted by Crippen LogP contribution is -2.15. The molecule has 0 fully saturated rings. The first-order valence-electron chi connectivity index (χ1n) is 12.2. The first kappa shape index (κ1) is 28.9. The molecule has 0 aliphatic rings. The van der Waals surface area contributed by atoms with Crippen molar-refractivity contribution in [1.29, 1.82) is 0 Å². The van der Waals surface area contributed by atoms with Crippen molar-refractivity contribution in [3.63, 3.8) is 0 Å². The van der Waals surface area contributed by atoms with E-state index in [4.69, 9.17) is 42.1 Å². The molecule has 0 spiro atoms. The van der Waals surface area contributed by atoms with Gasteiger partial charge in [-0.3, -0.25) is 4.98 Å². The van der Waals surface area contributed by atoms with E-state index in [1.807, 2.05) is 6.07 Å². The number of phenolic OH excluding ortho intramolecular Hbond substituents is 1. The third-order valence-corrected chi connectivity index (χ3v) is 6.87. The van der Waals surface area contributed by atoms with Gasteiger partial charge in [0.15, 0.2) is 11.5 Å². The smallest absolute Gasteiger partial charge is 0.338 e. The molecule has 0 amide bonds. The minimum Gasteiger partial charge on any atom is -0.506 e. The number of methoxy groups -OCH3 is 3. The van der Waals surface area contributed by atoms with Crippen molar-refractivity contribution in [3.8, 4) is 23.0 Å². The Morgan fingerprint density at radius 1 is 0.925 bits per heavy atom. The second kappa shape index (κ2) is 13.3. The van der Waals surface area contributed by atoms with Crippen molar-refractivity contribution in [3.05, 3.63) is 105 Å². The Morgan fingerprint density at radius 2 is 1.68 bits per heavy atom. The Balaban J connectivity index is 1.58. The zero-order chi connectivity index (χ0) is 28.6. The molecule has 10 heteroatoms. The van der Waals surface area contributed by atoms with Gasteiger partial charge in [0.05, 0.1) is 42.6 Å². The highest BCUT2D eigenvalue weighted by Gasteiger charge is 2.23. The van der Waals surface area contributed by atoms with E-state index in [0.717, 1.165) is 5.56 Å². The molecule has 8 nitrogen and oxygen atoms in total. The van der Waals surface area contributed by atoms with Crippen LogP contribution in [0, 0.1) is 0 Å². The lowest BCUT2D eigenvalue weighted by atomic mass is 10.0. The maximum atomic E-state index is 13.4. The van der Waals surface area contributed by atoms with E-state index in [1.165, 1.54) is 19.5 Å². The fourth-order valence-electron chi connectivity index (χ4n) is 4.09. The summed E-state index contributed by atoms with van der Waals surface area (Å²) in [5.41, 5.74) is 2.93. The van der Waals surface area contributed by atoms with Crippen molar-refractivity contribution in [2.45, 2.75) is 19.1 Å². The molecule has 1 aromatic heterocycles. The van der Waals surface area contributed by atoms with Crippen LogP contribution in [-0.4, -0.2) is 37.4 Å². The molecule has 0 radical (unpaired) electrons. The number of anilines is 1. The Kier molecular flexibility index (Phi) is 9.58. The maximum Gasteiger partial charge on any atom is 0.338 e. The first-order valence-corrected chi connectivity index (χ1v) is 13.0. The number of nitrogens with zero attached hydrogens (tertiary/aromatic N) is 1. The molecule has 40 heavy (non-hydrogen) atoms. The Morgan fingerprint density at radius 3 is 2.38 bits per heavy atom. The quantitative estimate of drug-likeness (QED) is 0.146. The van der Waals surface area contributed by atoms with Crippen LogP contribution in [0.1, 0.15) is 33.2 Å². The van der Waals surface area contributed by atoms with Crippen LogP contribution in [0.25, 0.3) is 0 Å². The number of carbonyl (C=O) groups is 1. The van der Waals surface area contributed by atoms with Gasteiger partial charge in [0.1, 0.15) is 17.6 Å². The summed E-state index contributed by atoms with van der Waals surface area (Å²) in [6.45, 7) is 0.350. The highest BCUT2D eigenvalue weighted by molar-refractivity contribution is 6.35. The third kappa shape index (κ3) is 6.89. The predicted octanol–water partition coefficient (Wildman–Crippen LogP) is 6.87. The van der Waals surface area contributed by atoms with Crippen LogP contribution in [0.3, 0.4) is 0 Å². The van der Waals surface area contributed by atoms with Crippen LogP contribution in [0.2, 0.25) is 10.0 Å². The molecule has 0 unspecified atom stereocenters. The van der Waals surface area contributed by atoms with Crippen molar-refractivity contribution in [1.82, 2.24) is 4.98 Å². The summed E-state index contributed by atoms with van der Waals surface area (Å²) < 4.78 is 22.1. The molecule has 0 saturated carbocycles. The second-order valence-electron chi connectivity index (χ2n) is 8.73. The second-order valence-corrected chi connectivity index (χ2v) is 9.55. The summed E-state index contributed by atoms with van der Waals surface area (Å²) >= 11 is 12.8. The van der Waals surface area contributed by atoms with Crippen LogP contribution in [-0.2, 0) is 17.7 Å². The van der Waals surface area contributed by atoms with Crippen LogP contribution in [0.4, 0.5) is 5.69 Å². The molecule has 208 valence electrons. The van der Waals surface area contributed by atoms with Crippen molar-refractivity contribution < 1.29 is 28.8 Å². The van der Waals surface area contributed by atoms with E-state index in [-0.39, 0.29) is 12.2 Å². The molecule has 0 bridgehead atoms. The van der Waals surface area contributed by atoms with Gasteiger partial charge in [-0.2, -0.15) is 0 Å². The molecule has 0 aliphatic heterocycles. The number of hydrogen-bond donors (Lipinski definition) is 2.